The van der Waals surface area contributed by atoms with Crippen molar-refractivity contribution in [2.45, 2.75) is 12.3 Å². The quantitative estimate of drug-likeness (QED) is 0.138. The standard InChI is InChI=1S/C68H48N2Si/c1-68(62-31-11-5-25-56(62)57-26-6-12-32-63(57)68)49-20-17-19-48(45-49)47-37-39-50(40-38-47)69(51-41-43-52(44-42-51)70-64-33-13-7-27-58(64)59-28-8-14-34-65(59)70)53-21-18-24-55(46-53)71(54-22-3-2-4-23-54)66-35-15-9-29-60(66)61-30-10-16-36-67(61)71/h2-46H,1H3. The van der Waals surface area contributed by atoms with Crippen LogP contribution in [-0.2, 0) is 5.41 Å². The molecular formula is C68H48N2Si. The van der Waals surface area contributed by atoms with Crippen LogP contribution in [0, 0.1) is 0 Å². The molecule has 0 radical (unpaired) electrons. The van der Waals surface area contributed by atoms with Crippen LogP contribution in [0.5, 0.6) is 0 Å². The van der Waals surface area contributed by atoms with Gasteiger partial charge in [0.15, 0.2) is 8.07 Å². The van der Waals surface area contributed by atoms with Crippen molar-refractivity contribution in [3.05, 3.63) is 290 Å². The Labute approximate surface area is 416 Å². The largest absolute Gasteiger partial charge is 0.311 e. The Morgan fingerprint density at radius 3 is 1.46 bits per heavy atom. The number of hydrogen-bond acceptors (Lipinski definition) is 1. The fraction of sp³-hybridized carbons (Fsp3) is 0.0294. The topological polar surface area (TPSA) is 8.17 Å². The number of benzene rings is 11. The third kappa shape index (κ3) is 6.13. The molecule has 0 spiro atoms. The number of anilines is 3. The maximum Gasteiger partial charge on any atom is 0.180 e. The van der Waals surface area contributed by atoms with Crippen molar-refractivity contribution in [2.75, 3.05) is 4.90 Å². The second kappa shape index (κ2) is 16.2. The molecule has 2 heterocycles. The average molecular weight is 921 g/mol. The molecule has 14 rings (SSSR count). The lowest BCUT2D eigenvalue weighted by molar-refractivity contribution is 0.714. The summed E-state index contributed by atoms with van der Waals surface area (Å²) < 4.78 is 2.40. The summed E-state index contributed by atoms with van der Waals surface area (Å²) in [4.78, 5) is 2.45. The van der Waals surface area contributed by atoms with Crippen LogP contribution < -0.4 is 25.6 Å². The summed E-state index contributed by atoms with van der Waals surface area (Å²) >= 11 is 0. The number of rotatable bonds is 8. The molecule has 71 heavy (non-hydrogen) atoms. The van der Waals surface area contributed by atoms with Crippen LogP contribution >= 0.6 is 0 Å². The van der Waals surface area contributed by atoms with E-state index in [0.717, 1.165) is 22.7 Å². The SMILES string of the molecule is CC1(c2cccc(-c3ccc(N(c4ccc(-n5c6ccccc6c6ccccc65)cc4)c4cccc([Si]5(c6ccccc6)c6ccccc6-c6ccccc65)c4)cc3)c2)c2ccccc2-c2ccccc21. The molecule has 0 fully saturated rings. The molecule has 2 nitrogen and oxygen atoms in total. The molecule has 0 saturated carbocycles. The minimum Gasteiger partial charge on any atom is -0.311 e. The van der Waals surface area contributed by atoms with Gasteiger partial charge in [0, 0.05) is 38.9 Å². The Bertz CT molecular complexity index is 3870. The molecule has 12 aromatic rings. The third-order valence-corrected chi connectivity index (χ3v) is 20.6. The summed E-state index contributed by atoms with van der Waals surface area (Å²) in [5, 5.41) is 8.15. The first-order valence-electron chi connectivity index (χ1n) is 24.8. The average Bonchev–Trinajstić information content (AvgIpc) is 4.04. The van der Waals surface area contributed by atoms with E-state index >= 15 is 0 Å². The first-order chi connectivity index (χ1) is 35.1. The van der Waals surface area contributed by atoms with E-state index in [1.807, 2.05) is 0 Å². The van der Waals surface area contributed by atoms with Gasteiger partial charge in [-0.05, 0) is 144 Å². The highest BCUT2D eigenvalue weighted by molar-refractivity contribution is 7.22. The second-order valence-electron chi connectivity index (χ2n) is 19.3. The minimum absolute atomic E-state index is 0.267. The Morgan fingerprint density at radius 1 is 0.352 bits per heavy atom. The van der Waals surface area contributed by atoms with Gasteiger partial charge < -0.3 is 9.47 Å². The van der Waals surface area contributed by atoms with Crippen LogP contribution in [0.3, 0.4) is 0 Å². The molecule has 0 N–H and O–H groups in total. The van der Waals surface area contributed by atoms with Gasteiger partial charge >= 0.3 is 0 Å². The van der Waals surface area contributed by atoms with Gasteiger partial charge in [0.2, 0.25) is 0 Å². The highest BCUT2D eigenvalue weighted by Gasteiger charge is 2.48. The smallest absolute Gasteiger partial charge is 0.180 e. The molecular weight excluding hydrogens is 873 g/mol. The summed E-state index contributed by atoms with van der Waals surface area (Å²) in [6, 6.07) is 102. The predicted octanol–water partition coefficient (Wildman–Crippen LogP) is 14.6. The van der Waals surface area contributed by atoms with E-state index in [-0.39, 0.29) is 5.41 Å². The first kappa shape index (κ1) is 41.2. The van der Waals surface area contributed by atoms with Gasteiger partial charge in [-0.3, -0.25) is 0 Å². The number of hydrogen-bond donors (Lipinski definition) is 0. The maximum atomic E-state index is 2.49. The molecule has 11 aromatic carbocycles. The van der Waals surface area contributed by atoms with Crippen LogP contribution in [0.25, 0.3) is 60.9 Å². The zero-order valence-electron chi connectivity index (χ0n) is 39.4. The van der Waals surface area contributed by atoms with Crippen molar-refractivity contribution < 1.29 is 0 Å². The number of aromatic nitrogens is 1. The molecule has 0 atom stereocenters. The number of fused-ring (bicyclic) bond motifs is 9. The maximum absolute atomic E-state index is 2.75. The molecule has 1 aromatic heterocycles. The molecule has 0 saturated heterocycles. The third-order valence-electron chi connectivity index (χ3n) is 15.8. The molecule has 334 valence electrons. The van der Waals surface area contributed by atoms with E-state index in [4.69, 9.17) is 0 Å². The van der Waals surface area contributed by atoms with Crippen molar-refractivity contribution in [1.29, 1.82) is 0 Å². The van der Waals surface area contributed by atoms with Crippen LogP contribution in [0.2, 0.25) is 0 Å². The zero-order valence-corrected chi connectivity index (χ0v) is 40.4. The summed E-state index contributed by atoms with van der Waals surface area (Å²) in [7, 11) is -2.75. The molecule has 0 unspecified atom stereocenters. The fourth-order valence-electron chi connectivity index (χ4n) is 12.6. The lowest BCUT2D eigenvalue weighted by Gasteiger charge is -2.33. The summed E-state index contributed by atoms with van der Waals surface area (Å²) in [5.74, 6) is 0. The molecule has 0 amide bonds. The predicted molar refractivity (Wildman–Crippen MR) is 301 cm³/mol. The molecule has 2 aliphatic rings. The van der Waals surface area contributed by atoms with Crippen molar-refractivity contribution in [3.8, 4) is 39.1 Å². The van der Waals surface area contributed by atoms with Gasteiger partial charge in [-0.1, -0.05) is 206 Å². The van der Waals surface area contributed by atoms with E-state index in [1.54, 1.807) is 0 Å². The van der Waals surface area contributed by atoms with Gasteiger partial charge in [-0.25, -0.2) is 0 Å². The van der Waals surface area contributed by atoms with Crippen molar-refractivity contribution in [1.82, 2.24) is 4.57 Å². The Kier molecular flexibility index (Phi) is 9.39. The van der Waals surface area contributed by atoms with Crippen molar-refractivity contribution in [3.63, 3.8) is 0 Å². The zero-order chi connectivity index (χ0) is 47.1. The van der Waals surface area contributed by atoms with E-state index in [0.29, 0.717) is 0 Å². The van der Waals surface area contributed by atoms with E-state index in [9.17, 15) is 0 Å². The van der Waals surface area contributed by atoms with Crippen LogP contribution in [0.15, 0.2) is 273 Å². The van der Waals surface area contributed by atoms with Gasteiger partial charge in [0.25, 0.3) is 0 Å². The Morgan fingerprint density at radius 2 is 0.845 bits per heavy atom. The second-order valence-corrected chi connectivity index (χ2v) is 23.1. The van der Waals surface area contributed by atoms with Crippen molar-refractivity contribution >= 4 is 67.7 Å². The highest BCUT2D eigenvalue weighted by Crippen LogP contribution is 2.52. The van der Waals surface area contributed by atoms with Gasteiger partial charge in [-0.2, -0.15) is 0 Å². The minimum atomic E-state index is -2.75. The summed E-state index contributed by atoms with van der Waals surface area (Å²) in [6.07, 6.45) is 0. The van der Waals surface area contributed by atoms with Crippen LogP contribution in [0.4, 0.5) is 17.1 Å². The normalized spacial score (nSPS) is 13.6. The summed E-state index contributed by atoms with van der Waals surface area (Å²) in [6.45, 7) is 2.39. The Balaban J connectivity index is 0.918. The van der Waals surface area contributed by atoms with Crippen LogP contribution in [-0.4, -0.2) is 12.6 Å². The van der Waals surface area contributed by atoms with Gasteiger partial charge in [0.1, 0.15) is 0 Å². The fourth-order valence-corrected chi connectivity index (χ4v) is 17.8. The Hall–Kier alpha value is -8.76. The molecule has 0 bridgehead atoms. The van der Waals surface area contributed by atoms with Gasteiger partial charge in [0.05, 0.1) is 11.0 Å². The monoisotopic (exact) mass is 920 g/mol. The van der Waals surface area contributed by atoms with Crippen LogP contribution in [0.1, 0.15) is 23.6 Å². The number of para-hydroxylation sites is 2. The first-order valence-corrected chi connectivity index (χ1v) is 26.8. The summed E-state index contributed by atoms with van der Waals surface area (Å²) in [5.41, 5.74) is 18.3. The molecule has 1 aliphatic carbocycles. The van der Waals surface area contributed by atoms with Crippen molar-refractivity contribution in [2.24, 2.45) is 0 Å². The van der Waals surface area contributed by atoms with E-state index < -0.39 is 8.07 Å². The lowest BCUT2D eigenvalue weighted by Crippen LogP contribution is -2.72. The lowest BCUT2D eigenvalue weighted by atomic mass is 9.74. The molecule has 3 heteroatoms. The highest BCUT2D eigenvalue weighted by atomic mass is 28.3. The van der Waals surface area contributed by atoms with E-state index in [1.165, 1.54) is 92.6 Å². The molecule has 1 aliphatic heterocycles. The van der Waals surface area contributed by atoms with E-state index in [2.05, 4.69) is 289 Å². The number of nitrogens with zero attached hydrogens (tertiary/aromatic N) is 2. The van der Waals surface area contributed by atoms with Gasteiger partial charge in [-0.15, -0.1) is 0 Å².